The lowest BCUT2D eigenvalue weighted by atomic mass is 10.2. The number of carbonyl (C=O) groups is 1. The van der Waals surface area contributed by atoms with E-state index in [9.17, 15) is 4.79 Å². The highest BCUT2D eigenvalue weighted by Crippen LogP contribution is 2.41. The van der Waals surface area contributed by atoms with Crippen molar-refractivity contribution >= 4 is 38.3 Å². The molecule has 0 bridgehead atoms. The van der Waals surface area contributed by atoms with Crippen LogP contribution in [0.1, 0.15) is 15.9 Å². The summed E-state index contributed by atoms with van der Waals surface area (Å²) >= 11 is 1.46. The molecule has 0 radical (unpaired) electrons. The second kappa shape index (κ2) is 9.57. The highest BCUT2D eigenvalue weighted by molar-refractivity contribution is 7.22. The average molecular weight is 450 g/mol. The van der Waals surface area contributed by atoms with E-state index in [1.54, 1.807) is 27.4 Å². The number of amides is 1. The molecule has 1 aromatic heterocycles. The van der Waals surface area contributed by atoms with Gasteiger partial charge in [-0.3, -0.25) is 4.79 Å². The van der Waals surface area contributed by atoms with Crippen molar-refractivity contribution in [2.75, 3.05) is 26.6 Å². The van der Waals surface area contributed by atoms with Gasteiger partial charge in [0.1, 0.15) is 0 Å². The van der Waals surface area contributed by atoms with E-state index in [4.69, 9.17) is 14.2 Å². The van der Waals surface area contributed by atoms with Crippen LogP contribution in [-0.4, -0.2) is 32.2 Å². The number of nitrogens with one attached hydrogen (secondary N) is 2. The number of hydrogen-bond donors (Lipinski definition) is 2. The number of aromatic nitrogens is 1. The lowest BCUT2D eigenvalue weighted by Gasteiger charge is -2.14. The third kappa shape index (κ3) is 4.60. The predicted molar refractivity (Wildman–Crippen MR) is 127 cm³/mol. The Labute approximate surface area is 190 Å². The van der Waals surface area contributed by atoms with Crippen LogP contribution < -0.4 is 24.8 Å². The number of hydrogen-bond acceptors (Lipinski definition) is 7. The first-order valence-electron chi connectivity index (χ1n) is 9.91. The number of nitrogens with zero attached hydrogens (tertiary/aromatic N) is 1. The standard InChI is InChI=1S/C24H23N3O4S/c1-29-19-12-17(13-20(30-2)22(19)31-3)26-24-27-18-10-9-16(11-21(18)32-24)23(28)25-14-15-7-5-4-6-8-15/h4-13H,14H2,1-3H3,(H,25,28)(H,26,27). The summed E-state index contributed by atoms with van der Waals surface area (Å²) < 4.78 is 17.1. The molecule has 0 aliphatic carbocycles. The van der Waals surface area contributed by atoms with Gasteiger partial charge in [0.15, 0.2) is 16.6 Å². The summed E-state index contributed by atoms with van der Waals surface area (Å²) in [6, 6.07) is 18.9. The summed E-state index contributed by atoms with van der Waals surface area (Å²) in [4.78, 5) is 17.2. The van der Waals surface area contributed by atoms with E-state index in [1.807, 2.05) is 54.6 Å². The van der Waals surface area contributed by atoms with E-state index < -0.39 is 0 Å². The minimum atomic E-state index is -0.122. The van der Waals surface area contributed by atoms with Gasteiger partial charge in [-0.1, -0.05) is 41.7 Å². The van der Waals surface area contributed by atoms with Gasteiger partial charge in [-0.15, -0.1) is 0 Å². The highest BCUT2D eigenvalue weighted by atomic mass is 32.1. The molecule has 4 aromatic rings. The van der Waals surface area contributed by atoms with Crippen molar-refractivity contribution in [1.29, 1.82) is 0 Å². The Bertz CT molecular complexity index is 1220. The Balaban J connectivity index is 1.52. The first kappa shape index (κ1) is 21.5. The summed E-state index contributed by atoms with van der Waals surface area (Å²) in [5.74, 6) is 1.50. The molecular formula is C24H23N3O4S. The largest absolute Gasteiger partial charge is 0.493 e. The molecule has 164 valence electrons. The van der Waals surface area contributed by atoms with Gasteiger partial charge in [-0.05, 0) is 23.8 Å². The van der Waals surface area contributed by atoms with Crippen molar-refractivity contribution in [1.82, 2.24) is 10.3 Å². The third-order valence-corrected chi connectivity index (χ3v) is 5.80. The van der Waals surface area contributed by atoms with Crippen molar-refractivity contribution in [3.63, 3.8) is 0 Å². The van der Waals surface area contributed by atoms with Crippen LogP contribution in [0.5, 0.6) is 17.2 Å². The first-order valence-corrected chi connectivity index (χ1v) is 10.7. The second-order valence-corrected chi connectivity index (χ2v) is 7.94. The summed E-state index contributed by atoms with van der Waals surface area (Å²) in [7, 11) is 4.71. The van der Waals surface area contributed by atoms with Gasteiger partial charge in [0, 0.05) is 29.9 Å². The summed E-state index contributed by atoms with van der Waals surface area (Å²) in [5, 5.41) is 6.92. The number of benzene rings is 3. The zero-order chi connectivity index (χ0) is 22.5. The van der Waals surface area contributed by atoms with Gasteiger partial charge in [0.2, 0.25) is 5.75 Å². The van der Waals surface area contributed by atoms with Gasteiger partial charge in [-0.25, -0.2) is 4.98 Å². The summed E-state index contributed by atoms with van der Waals surface area (Å²) in [5.41, 5.74) is 3.21. The summed E-state index contributed by atoms with van der Waals surface area (Å²) in [6.45, 7) is 0.480. The fourth-order valence-corrected chi connectivity index (χ4v) is 4.20. The summed E-state index contributed by atoms with van der Waals surface area (Å²) in [6.07, 6.45) is 0. The minimum Gasteiger partial charge on any atom is -0.493 e. The lowest BCUT2D eigenvalue weighted by Crippen LogP contribution is -2.22. The number of anilines is 2. The molecule has 3 aromatic carbocycles. The third-order valence-electron chi connectivity index (χ3n) is 4.86. The maximum Gasteiger partial charge on any atom is 0.251 e. The number of fused-ring (bicyclic) bond motifs is 1. The quantitative estimate of drug-likeness (QED) is 0.394. The molecule has 1 amide bonds. The molecule has 8 heteroatoms. The molecular weight excluding hydrogens is 426 g/mol. The molecule has 0 aliphatic rings. The molecule has 4 rings (SSSR count). The zero-order valence-electron chi connectivity index (χ0n) is 18.0. The average Bonchev–Trinajstić information content (AvgIpc) is 3.23. The molecule has 0 saturated carbocycles. The highest BCUT2D eigenvalue weighted by Gasteiger charge is 2.15. The zero-order valence-corrected chi connectivity index (χ0v) is 18.8. The van der Waals surface area contributed by atoms with Crippen molar-refractivity contribution in [3.05, 3.63) is 71.8 Å². The molecule has 1 heterocycles. The van der Waals surface area contributed by atoms with Crippen LogP contribution >= 0.6 is 11.3 Å². The number of carbonyl (C=O) groups excluding carboxylic acids is 1. The maximum atomic E-state index is 12.6. The van der Waals surface area contributed by atoms with E-state index in [0.717, 1.165) is 21.5 Å². The van der Waals surface area contributed by atoms with Crippen LogP contribution in [-0.2, 0) is 6.54 Å². The second-order valence-electron chi connectivity index (χ2n) is 6.91. The fourth-order valence-electron chi connectivity index (χ4n) is 3.28. The minimum absolute atomic E-state index is 0.122. The molecule has 0 spiro atoms. The molecule has 0 aliphatic heterocycles. The van der Waals surface area contributed by atoms with Crippen LogP contribution in [0, 0.1) is 0 Å². The number of rotatable bonds is 8. The van der Waals surface area contributed by atoms with E-state index in [0.29, 0.717) is 34.5 Å². The monoisotopic (exact) mass is 449 g/mol. The molecule has 0 saturated heterocycles. The Morgan fingerprint density at radius 1 is 0.938 bits per heavy atom. The van der Waals surface area contributed by atoms with Gasteiger partial charge in [0.25, 0.3) is 5.91 Å². The normalized spacial score (nSPS) is 10.6. The van der Waals surface area contributed by atoms with Gasteiger partial charge in [-0.2, -0.15) is 0 Å². The number of thiazole rings is 1. The molecule has 2 N–H and O–H groups in total. The smallest absolute Gasteiger partial charge is 0.251 e. The van der Waals surface area contributed by atoms with Crippen molar-refractivity contribution < 1.29 is 19.0 Å². The van der Waals surface area contributed by atoms with Gasteiger partial charge in [0.05, 0.1) is 31.5 Å². The topological polar surface area (TPSA) is 81.7 Å². The first-order chi connectivity index (χ1) is 15.6. The van der Waals surface area contributed by atoms with Crippen LogP contribution in [0.15, 0.2) is 60.7 Å². The van der Waals surface area contributed by atoms with E-state index >= 15 is 0 Å². The Morgan fingerprint density at radius 2 is 1.66 bits per heavy atom. The van der Waals surface area contributed by atoms with E-state index in [2.05, 4.69) is 15.6 Å². The van der Waals surface area contributed by atoms with Crippen molar-refractivity contribution in [2.45, 2.75) is 6.54 Å². The van der Waals surface area contributed by atoms with E-state index in [1.165, 1.54) is 11.3 Å². The predicted octanol–water partition coefficient (Wildman–Crippen LogP) is 5.00. The Kier molecular flexibility index (Phi) is 6.42. The van der Waals surface area contributed by atoms with E-state index in [-0.39, 0.29) is 5.91 Å². The van der Waals surface area contributed by atoms with Crippen molar-refractivity contribution in [2.24, 2.45) is 0 Å². The fraction of sp³-hybridized carbons (Fsp3) is 0.167. The lowest BCUT2D eigenvalue weighted by molar-refractivity contribution is 0.0951. The Hall–Kier alpha value is -3.78. The molecule has 0 atom stereocenters. The Morgan fingerprint density at radius 3 is 2.31 bits per heavy atom. The number of methoxy groups -OCH3 is 3. The van der Waals surface area contributed by atoms with Crippen LogP contribution in [0.2, 0.25) is 0 Å². The van der Waals surface area contributed by atoms with Crippen LogP contribution in [0.3, 0.4) is 0 Å². The molecule has 7 nitrogen and oxygen atoms in total. The molecule has 32 heavy (non-hydrogen) atoms. The molecule has 0 unspecified atom stereocenters. The molecule has 0 fully saturated rings. The maximum absolute atomic E-state index is 12.6. The van der Waals surface area contributed by atoms with Gasteiger partial charge >= 0.3 is 0 Å². The van der Waals surface area contributed by atoms with Crippen molar-refractivity contribution in [3.8, 4) is 17.2 Å². The van der Waals surface area contributed by atoms with Gasteiger partial charge < -0.3 is 24.8 Å². The van der Waals surface area contributed by atoms with Crippen LogP contribution in [0.4, 0.5) is 10.8 Å². The SMILES string of the molecule is COc1cc(Nc2nc3ccc(C(=O)NCc4ccccc4)cc3s2)cc(OC)c1OC. The number of ether oxygens (including phenoxy) is 3. The van der Waals surface area contributed by atoms with Crippen LogP contribution in [0.25, 0.3) is 10.2 Å².